The molecule has 4 aromatic heterocycles. The molecule has 5 heteroatoms. The topological polar surface area (TPSA) is 3.24 Å². The van der Waals surface area contributed by atoms with Gasteiger partial charge in [-0.1, -0.05) is 103 Å². The van der Waals surface area contributed by atoms with Crippen molar-refractivity contribution in [1.29, 1.82) is 0 Å². The van der Waals surface area contributed by atoms with Gasteiger partial charge in [-0.25, -0.2) is 0 Å². The summed E-state index contributed by atoms with van der Waals surface area (Å²) in [5.41, 5.74) is 5.81. The summed E-state index contributed by atoms with van der Waals surface area (Å²) >= 11 is 7.64. The lowest BCUT2D eigenvalue weighted by atomic mass is 10.00. The van der Waals surface area contributed by atoms with Crippen molar-refractivity contribution in [3.63, 3.8) is 0 Å². The molecule has 16 aromatic rings. The molecule has 0 spiro atoms. The monoisotopic (exact) mass is 945 g/mol. The van der Waals surface area contributed by atoms with Crippen LogP contribution in [0.15, 0.2) is 212 Å². The fourth-order valence-corrected chi connectivity index (χ4v) is 15.8. The Morgan fingerprint density at radius 2 is 0.536 bits per heavy atom. The van der Waals surface area contributed by atoms with Crippen molar-refractivity contribution in [2.45, 2.75) is 0 Å². The number of fused-ring (bicyclic) bond motifs is 18. The Morgan fingerprint density at radius 1 is 0.217 bits per heavy atom. The van der Waals surface area contributed by atoms with Gasteiger partial charge >= 0.3 is 0 Å². The molecular formula is C64H35NS4. The summed E-state index contributed by atoms with van der Waals surface area (Å²) in [6, 6.07) is 80.0. The van der Waals surface area contributed by atoms with Crippen LogP contribution in [0, 0.1) is 0 Å². The third-order valence-corrected chi connectivity index (χ3v) is 19.0. The summed E-state index contributed by atoms with van der Waals surface area (Å²) in [6.07, 6.45) is 0. The molecule has 0 saturated carbocycles. The van der Waals surface area contributed by atoms with Crippen molar-refractivity contribution in [2.75, 3.05) is 4.90 Å². The highest BCUT2D eigenvalue weighted by Gasteiger charge is 2.20. The second-order valence-electron chi connectivity index (χ2n) is 18.4. The first-order valence-electron chi connectivity index (χ1n) is 23.4. The van der Waals surface area contributed by atoms with E-state index in [1.165, 1.54) is 135 Å². The summed E-state index contributed by atoms with van der Waals surface area (Å²) < 4.78 is 10.7. The Bertz CT molecular complexity index is 4570. The molecule has 0 amide bonds. The predicted octanol–water partition coefficient (Wildman–Crippen LogP) is 20.9. The number of anilines is 3. The second-order valence-corrected chi connectivity index (χ2v) is 22.8. The largest absolute Gasteiger partial charge is 0.310 e. The van der Waals surface area contributed by atoms with Crippen molar-refractivity contribution in [1.82, 2.24) is 0 Å². The molecule has 0 saturated heterocycles. The zero-order valence-electron chi connectivity index (χ0n) is 36.8. The Balaban J connectivity index is 0.861. The van der Waals surface area contributed by atoms with Gasteiger partial charge in [-0.05, 0) is 163 Å². The summed E-state index contributed by atoms with van der Waals surface area (Å²) in [7, 11) is 0. The molecule has 0 aliphatic carbocycles. The molecule has 320 valence electrons. The molecule has 16 rings (SSSR count). The van der Waals surface area contributed by atoms with Crippen molar-refractivity contribution in [2.24, 2.45) is 0 Å². The Kier molecular flexibility index (Phi) is 8.02. The van der Waals surface area contributed by atoms with Gasteiger partial charge in [0.15, 0.2) is 0 Å². The van der Waals surface area contributed by atoms with Crippen LogP contribution in [0.2, 0.25) is 0 Å². The highest BCUT2D eigenvalue weighted by Crippen LogP contribution is 2.49. The van der Waals surface area contributed by atoms with Crippen molar-refractivity contribution < 1.29 is 0 Å². The fraction of sp³-hybridized carbons (Fsp3) is 0. The maximum atomic E-state index is 2.44. The van der Waals surface area contributed by atoms with E-state index in [2.05, 4.69) is 217 Å². The van der Waals surface area contributed by atoms with Crippen LogP contribution in [0.25, 0.3) is 135 Å². The molecule has 12 aromatic carbocycles. The molecule has 0 aliphatic rings. The van der Waals surface area contributed by atoms with Gasteiger partial charge in [0, 0.05) is 97.8 Å². The summed E-state index contributed by atoms with van der Waals surface area (Å²) in [5, 5.41) is 21.1. The first kappa shape index (κ1) is 38.3. The fourth-order valence-electron chi connectivity index (χ4n) is 11.3. The maximum absolute atomic E-state index is 2.44. The highest BCUT2D eigenvalue weighted by atomic mass is 32.1. The Labute approximate surface area is 411 Å². The van der Waals surface area contributed by atoms with Gasteiger partial charge in [0.1, 0.15) is 0 Å². The minimum absolute atomic E-state index is 1.12. The summed E-state index contributed by atoms with van der Waals surface area (Å²) in [5.74, 6) is 0. The van der Waals surface area contributed by atoms with Crippen LogP contribution in [-0.2, 0) is 0 Å². The van der Waals surface area contributed by atoms with Gasteiger partial charge in [0.05, 0.1) is 0 Å². The number of hydrogen-bond donors (Lipinski definition) is 0. The van der Waals surface area contributed by atoms with Crippen LogP contribution < -0.4 is 4.90 Å². The minimum atomic E-state index is 1.12. The standard InChI is InChI=1S/C64H35NS4/c1-2-8-36(9-3-1)37-14-18-46(19-15-37)65(47-20-16-42-30-51-59(34-44(42)26-47)68-55-24-22-53-61(63(51)55)49-28-38-10-4-6-12-40(38)32-57(49)66-53)48-21-17-43-31-52-60(35-45(43)27-48)69-56-25-23-54-62(64(52)56)50-29-39-11-5-7-13-41(39)33-58(50)67-54/h1-35H. The Hall–Kier alpha value is -7.64. The number of hydrogen-bond acceptors (Lipinski definition) is 5. The van der Waals surface area contributed by atoms with E-state index in [-0.39, 0.29) is 0 Å². The van der Waals surface area contributed by atoms with Crippen molar-refractivity contribution in [3.8, 4) is 11.1 Å². The third-order valence-electron chi connectivity index (χ3n) is 14.5. The van der Waals surface area contributed by atoms with Gasteiger partial charge in [0.2, 0.25) is 0 Å². The molecule has 4 heterocycles. The molecule has 0 radical (unpaired) electrons. The van der Waals surface area contributed by atoms with Crippen molar-refractivity contribution >= 4 is 186 Å². The second kappa shape index (κ2) is 14.4. The first-order valence-corrected chi connectivity index (χ1v) is 26.6. The lowest BCUT2D eigenvalue weighted by Gasteiger charge is -2.26. The molecule has 0 fully saturated rings. The normalized spacial score (nSPS) is 12.3. The smallest absolute Gasteiger partial charge is 0.0468 e. The zero-order valence-corrected chi connectivity index (χ0v) is 40.1. The van der Waals surface area contributed by atoms with Gasteiger partial charge in [-0.3, -0.25) is 0 Å². The minimum Gasteiger partial charge on any atom is -0.310 e. The van der Waals surface area contributed by atoms with Crippen LogP contribution in [0.3, 0.4) is 0 Å². The van der Waals surface area contributed by atoms with E-state index < -0.39 is 0 Å². The van der Waals surface area contributed by atoms with E-state index in [4.69, 9.17) is 0 Å². The number of thiophene rings is 4. The van der Waals surface area contributed by atoms with Gasteiger partial charge in [0.25, 0.3) is 0 Å². The van der Waals surface area contributed by atoms with Crippen LogP contribution in [0.5, 0.6) is 0 Å². The number of rotatable bonds is 4. The lowest BCUT2D eigenvalue weighted by molar-refractivity contribution is 1.29. The van der Waals surface area contributed by atoms with Crippen molar-refractivity contribution in [3.05, 3.63) is 212 Å². The molecule has 1 nitrogen and oxygen atoms in total. The van der Waals surface area contributed by atoms with Gasteiger partial charge < -0.3 is 4.90 Å². The molecule has 0 aliphatic heterocycles. The molecule has 0 unspecified atom stereocenters. The molecule has 69 heavy (non-hydrogen) atoms. The Morgan fingerprint density at radius 3 is 0.942 bits per heavy atom. The van der Waals surface area contributed by atoms with Crippen LogP contribution >= 0.6 is 45.3 Å². The number of nitrogens with zero attached hydrogens (tertiary/aromatic N) is 1. The average molecular weight is 946 g/mol. The van der Waals surface area contributed by atoms with E-state index in [1.807, 2.05) is 45.3 Å². The van der Waals surface area contributed by atoms with E-state index in [0.717, 1.165) is 17.1 Å². The molecule has 0 N–H and O–H groups in total. The highest BCUT2D eigenvalue weighted by molar-refractivity contribution is 7.29. The lowest BCUT2D eigenvalue weighted by Crippen LogP contribution is -2.09. The van der Waals surface area contributed by atoms with Gasteiger partial charge in [-0.2, -0.15) is 0 Å². The zero-order chi connectivity index (χ0) is 44.9. The average Bonchev–Trinajstić information content (AvgIpc) is 4.15. The van der Waals surface area contributed by atoms with Crippen LogP contribution in [0.4, 0.5) is 17.1 Å². The maximum Gasteiger partial charge on any atom is 0.0468 e. The molecular weight excluding hydrogens is 911 g/mol. The SMILES string of the molecule is c1ccc(-c2ccc(N(c3ccc4cc5c(cc4c3)sc3ccc4sc6cc7ccccc7cc6c4c35)c3ccc4cc5c(cc4c3)sc3ccc4sc6cc7ccccc7cc6c4c35)cc2)cc1. The number of benzene rings is 12. The molecule has 0 bridgehead atoms. The first-order chi connectivity index (χ1) is 34.1. The van der Waals surface area contributed by atoms with Crippen LogP contribution in [-0.4, -0.2) is 0 Å². The van der Waals surface area contributed by atoms with E-state index in [9.17, 15) is 0 Å². The van der Waals surface area contributed by atoms with E-state index in [1.54, 1.807) is 0 Å². The predicted molar refractivity (Wildman–Crippen MR) is 308 cm³/mol. The van der Waals surface area contributed by atoms with E-state index in [0.29, 0.717) is 0 Å². The van der Waals surface area contributed by atoms with Crippen LogP contribution in [0.1, 0.15) is 0 Å². The van der Waals surface area contributed by atoms with Gasteiger partial charge in [-0.15, -0.1) is 45.3 Å². The quantitative estimate of drug-likeness (QED) is 0.170. The summed E-state index contributed by atoms with van der Waals surface area (Å²) in [4.78, 5) is 2.44. The molecule has 0 atom stereocenters. The van der Waals surface area contributed by atoms with E-state index >= 15 is 0 Å². The summed E-state index contributed by atoms with van der Waals surface area (Å²) in [6.45, 7) is 0. The third kappa shape index (κ3) is 5.79.